The van der Waals surface area contributed by atoms with E-state index in [1.165, 1.54) is 32.4 Å². The summed E-state index contributed by atoms with van der Waals surface area (Å²) in [7, 11) is 6.13. The lowest BCUT2D eigenvalue weighted by Crippen LogP contribution is -2.48. The molecule has 4 heteroatoms. The summed E-state index contributed by atoms with van der Waals surface area (Å²) in [6, 6.07) is 2.11. The molecule has 0 radical (unpaired) electrons. The van der Waals surface area contributed by atoms with Crippen LogP contribution in [0.2, 0.25) is 0 Å². The fraction of sp³-hybridized carbons (Fsp3) is 1.00. The van der Waals surface area contributed by atoms with Crippen molar-refractivity contribution >= 4 is 0 Å². The molecule has 0 aromatic carbocycles. The van der Waals surface area contributed by atoms with E-state index in [-0.39, 0.29) is 0 Å². The molecule has 0 amide bonds. The van der Waals surface area contributed by atoms with Gasteiger partial charge in [-0.15, -0.1) is 0 Å². The fourth-order valence-electron chi connectivity index (χ4n) is 3.39. The molecule has 17 heavy (non-hydrogen) atoms. The lowest BCUT2D eigenvalue weighted by atomic mass is 10.1. The van der Waals surface area contributed by atoms with Crippen LogP contribution in [0.4, 0.5) is 0 Å². The predicted molar refractivity (Wildman–Crippen MR) is 70.4 cm³/mol. The molecule has 100 valence electrons. The zero-order chi connectivity index (χ0) is 12.3. The topological polar surface area (TPSA) is 27.7 Å². The van der Waals surface area contributed by atoms with Crippen LogP contribution in [0, 0.1) is 0 Å². The SMILES string of the molecule is CNCC(COC)N1CCC2CCC(C1)N2C. The van der Waals surface area contributed by atoms with Gasteiger partial charge in [0.2, 0.25) is 0 Å². The maximum absolute atomic E-state index is 5.36. The summed E-state index contributed by atoms with van der Waals surface area (Å²) < 4.78 is 5.36. The van der Waals surface area contributed by atoms with Gasteiger partial charge in [0.25, 0.3) is 0 Å². The van der Waals surface area contributed by atoms with Gasteiger partial charge < -0.3 is 10.1 Å². The van der Waals surface area contributed by atoms with Crippen LogP contribution >= 0.6 is 0 Å². The summed E-state index contributed by atoms with van der Waals surface area (Å²) in [6.07, 6.45) is 4.09. The smallest absolute Gasteiger partial charge is 0.0630 e. The van der Waals surface area contributed by atoms with Crippen LogP contribution in [0.1, 0.15) is 19.3 Å². The Hall–Kier alpha value is -0.160. The monoisotopic (exact) mass is 241 g/mol. The van der Waals surface area contributed by atoms with Crippen LogP contribution in [-0.2, 0) is 4.74 Å². The highest BCUT2D eigenvalue weighted by molar-refractivity contribution is 4.92. The Bertz CT molecular complexity index is 231. The molecule has 0 aromatic heterocycles. The third kappa shape index (κ3) is 2.99. The number of likely N-dealkylation sites (N-methyl/N-ethyl adjacent to an activating group) is 2. The van der Waals surface area contributed by atoms with Gasteiger partial charge in [-0.3, -0.25) is 9.80 Å². The zero-order valence-corrected chi connectivity index (χ0v) is 11.5. The molecule has 2 bridgehead atoms. The normalized spacial score (nSPS) is 32.6. The Morgan fingerprint density at radius 3 is 2.76 bits per heavy atom. The van der Waals surface area contributed by atoms with Crippen LogP contribution in [-0.4, -0.2) is 75.4 Å². The molecule has 2 heterocycles. The minimum absolute atomic E-state index is 0.526. The standard InChI is InChI=1S/C13H27N3O/c1-14-8-13(10-17-3)16-7-6-11-4-5-12(9-16)15(11)2/h11-14H,4-10H2,1-3H3. The Kier molecular flexibility index (Phi) is 4.79. The highest BCUT2D eigenvalue weighted by atomic mass is 16.5. The highest BCUT2D eigenvalue weighted by Crippen LogP contribution is 2.29. The maximum atomic E-state index is 5.36. The fourth-order valence-corrected chi connectivity index (χ4v) is 3.39. The summed E-state index contributed by atoms with van der Waals surface area (Å²) >= 11 is 0. The van der Waals surface area contributed by atoms with Crippen molar-refractivity contribution in [3.05, 3.63) is 0 Å². The van der Waals surface area contributed by atoms with E-state index in [0.29, 0.717) is 6.04 Å². The molecule has 0 spiro atoms. The molecular formula is C13H27N3O. The van der Waals surface area contributed by atoms with E-state index in [1.54, 1.807) is 7.11 Å². The first kappa shape index (κ1) is 13.3. The molecule has 0 aromatic rings. The maximum Gasteiger partial charge on any atom is 0.0630 e. The predicted octanol–water partition coefficient (Wildman–Crippen LogP) is 0.389. The lowest BCUT2D eigenvalue weighted by molar-refractivity contribution is 0.0836. The first-order valence-corrected chi connectivity index (χ1v) is 6.85. The molecule has 2 aliphatic rings. The third-order valence-corrected chi connectivity index (χ3v) is 4.50. The molecular weight excluding hydrogens is 214 g/mol. The largest absolute Gasteiger partial charge is 0.383 e. The number of hydrogen-bond donors (Lipinski definition) is 1. The minimum atomic E-state index is 0.526. The molecule has 0 saturated carbocycles. The summed E-state index contributed by atoms with van der Waals surface area (Å²) in [5.74, 6) is 0. The van der Waals surface area contributed by atoms with E-state index in [2.05, 4.69) is 22.2 Å². The van der Waals surface area contributed by atoms with Crippen molar-refractivity contribution in [2.45, 2.75) is 37.4 Å². The van der Waals surface area contributed by atoms with E-state index in [1.807, 2.05) is 7.05 Å². The number of ether oxygens (including phenoxy) is 1. The van der Waals surface area contributed by atoms with Crippen molar-refractivity contribution in [2.24, 2.45) is 0 Å². The number of nitrogens with zero attached hydrogens (tertiary/aromatic N) is 2. The van der Waals surface area contributed by atoms with Crippen LogP contribution in [0.25, 0.3) is 0 Å². The highest BCUT2D eigenvalue weighted by Gasteiger charge is 2.36. The van der Waals surface area contributed by atoms with Crippen LogP contribution in [0.5, 0.6) is 0 Å². The third-order valence-electron chi connectivity index (χ3n) is 4.50. The van der Waals surface area contributed by atoms with E-state index in [4.69, 9.17) is 4.74 Å². The van der Waals surface area contributed by atoms with Gasteiger partial charge in [0.15, 0.2) is 0 Å². The summed E-state index contributed by atoms with van der Waals surface area (Å²) in [5, 5.41) is 3.29. The minimum Gasteiger partial charge on any atom is -0.383 e. The molecule has 0 aliphatic carbocycles. The molecule has 2 saturated heterocycles. The van der Waals surface area contributed by atoms with Gasteiger partial charge in [-0.05, 0) is 33.4 Å². The number of nitrogens with one attached hydrogen (secondary N) is 1. The van der Waals surface area contributed by atoms with Gasteiger partial charge in [-0.25, -0.2) is 0 Å². The van der Waals surface area contributed by atoms with Gasteiger partial charge in [0, 0.05) is 44.9 Å². The van der Waals surface area contributed by atoms with Crippen LogP contribution in [0.15, 0.2) is 0 Å². The number of likely N-dealkylation sites (tertiary alicyclic amines) is 1. The molecule has 2 aliphatic heterocycles. The molecule has 3 atom stereocenters. The molecule has 2 fully saturated rings. The second-order valence-electron chi connectivity index (χ2n) is 5.50. The Morgan fingerprint density at radius 2 is 2.06 bits per heavy atom. The van der Waals surface area contributed by atoms with Crippen LogP contribution < -0.4 is 5.32 Å². The number of rotatable bonds is 5. The Labute approximate surface area is 105 Å². The molecule has 2 rings (SSSR count). The van der Waals surface area contributed by atoms with E-state index < -0.39 is 0 Å². The van der Waals surface area contributed by atoms with Gasteiger partial charge in [-0.2, -0.15) is 0 Å². The van der Waals surface area contributed by atoms with E-state index in [0.717, 1.165) is 25.2 Å². The van der Waals surface area contributed by atoms with Gasteiger partial charge in [-0.1, -0.05) is 0 Å². The first-order chi connectivity index (χ1) is 8.26. The van der Waals surface area contributed by atoms with Gasteiger partial charge >= 0.3 is 0 Å². The van der Waals surface area contributed by atoms with E-state index >= 15 is 0 Å². The quantitative estimate of drug-likeness (QED) is 0.753. The van der Waals surface area contributed by atoms with Crippen LogP contribution in [0.3, 0.4) is 0 Å². The lowest BCUT2D eigenvalue weighted by Gasteiger charge is -2.32. The van der Waals surface area contributed by atoms with Crippen molar-refractivity contribution in [2.75, 3.05) is 47.4 Å². The average Bonchev–Trinajstić information content (AvgIpc) is 2.53. The number of hydrogen-bond acceptors (Lipinski definition) is 4. The molecule has 4 nitrogen and oxygen atoms in total. The summed E-state index contributed by atoms with van der Waals surface area (Å²) in [5.41, 5.74) is 0. The Morgan fingerprint density at radius 1 is 1.29 bits per heavy atom. The Balaban J connectivity index is 1.96. The van der Waals surface area contributed by atoms with E-state index in [9.17, 15) is 0 Å². The number of methoxy groups -OCH3 is 1. The molecule has 1 N–H and O–H groups in total. The average molecular weight is 241 g/mol. The van der Waals surface area contributed by atoms with Crippen molar-refractivity contribution in [1.82, 2.24) is 15.1 Å². The second-order valence-corrected chi connectivity index (χ2v) is 5.50. The first-order valence-electron chi connectivity index (χ1n) is 6.85. The van der Waals surface area contributed by atoms with Crippen molar-refractivity contribution in [1.29, 1.82) is 0 Å². The van der Waals surface area contributed by atoms with Gasteiger partial charge in [0.05, 0.1) is 6.61 Å². The van der Waals surface area contributed by atoms with Crippen molar-refractivity contribution in [3.8, 4) is 0 Å². The number of fused-ring (bicyclic) bond motifs is 2. The zero-order valence-electron chi connectivity index (χ0n) is 11.5. The van der Waals surface area contributed by atoms with Gasteiger partial charge in [0.1, 0.15) is 0 Å². The van der Waals surface area contributed by atoms with Crippen molar-refractivity contribution in [3.63, 3.8) is 0 Å². The summed E-state index contributed by atoms with van der Waals surface area (Å²) in [6.45, 7) is 4.29. The summed E-state index contributed by atoms with van der Waals surface area (Å²) in [4.78, 5) is 5.23. The molecule has 3 unspecified atom stereocenters. The second kappa shape index (κ2) is 6.14. The van der Waals surface area contributed by atoms with Crippen molar-refractivity contribution < 1.29 is 4.74 Å².